The molecule has 1 aromatic rings. The van der Waals surface area contributed by atoms with Crippen LogP contribution in [0, 0.1) is 23.1 Å². The van der Waals surface area contributed by atoms with Gasteiger partial charge in [0.05, 0.1) is 17.4 Å². The lowest BCUT2D eigenvalue weighted by Crippen LogP contribution is -2.31. The molecular weight excluding hydrogens is 363 g/mol. The molecule has 0 aromatic heterocycles. The Morgan fingerprint density at radius 3 is 2.57 bits per heavy atom. The van der Waals surface area contributed by atoms with E-state index in [1.54, 1.807) is 6.07 Å². The summed E-state index contributed by atoms with van der Waals surface area (Å²) in [6.07, 6.45) is -0.522. The molecule has 1 N–H and O–H groups in total. The van der Waals surface area contributed by atoms with E-state index in [1.165, 1.54) is 13.2 Å². The van der Waals surface area contributed by atoms with Crippen LogP contribution in [0.15, 0.2) is 16.6 Å². The SMILES string of the molecule is COC(CS(=O)(=O)Nc1c(F)cc(Br)cc1C#N)C(C)C. The average Bonchev–Trinajstić information content (AvgIpc) is 2.38. The molecule has 116 valence electrons. The van der Waals surface area contributed by atoms with Gasteiger partial charge in [-0.2, -0.15) is 5.26 Å². The van der Waals surface area contributed by atoms with Gasteiger partial charge in [-0.1, -0.05) is 29.8 Å². The van der Waals surface area contributed by atoms with Crippen molar-refractivity contribution in [3.8, 4) is 6.07 Å². The van der Waals surface area contributed by atoms with Crippen LogP contribution >= 0.6 is 15.9 Å². The zero-order chi connectivity index (χ0) is 16.2. The maximum atomic E-state index is 13.9. The third kappa shape index (κ3) is 4.95. The van der Waals surface area contributed by atoms with Crippen molar-refractivity contribution in [2.75, 3.05) is 17.6 Å². The molecule has 0 amide bonds. The van der Waals surface area contributed by atoms with E-state index in [1.807, 2.05) is 13.8 Å². The second kappa shape index (κ2) is 7.20. The van der Waals surface area contributed by atoms with Crippen LogP contribution in [-0.4, -0.2) is 27.4 Å². The molecule has 0 radical (unpaired) electrons. The fourth-order valence-corrected chi connectivity index (χ4v) is 3.70. The fraction of sp³-hybridized carbons (Fsp3) is 0.462. The zero-order valence-corrected chi connectivity index (χ0v) is 14.3. The molecule has 1 aromatic carbocycles. The third-order valence-corrected chi connectivity index (χ3v) is 4.60. The Morgan fingerprint density at radius 1 is 1.48 bits per heavy atom. The number of hydrogen-bond acceptors (Lipinski definition) is 4. The number of anilines is 1. The number of halogens is 2. The van der Waals surface area contributed by atoms with Gasteiger partial charge in [-0.05, 0) is 18.1 Å². The monoisotopic (exact) mass is 378 g/mol. The molecule has 0 saturated heterocycles. The van der Waals surface area contributed by atoms with Crippen LogP contribution in [0.3, 0.4) is 0 Å². The lowest BCUT2D eigenvalue weighted by Gasteiger charge is -2.20. The molecule has 0 aliphatic heterocycles. The maximum absolute atomic E-state index is 13.9. The Balaban J connectivity index is 3.08. The highest BCUT2D eigenvalue weighted by molar-refractivity contribution is 9.10. The van der Waals surface area contributed by atoms with Crippen molar-refractivity contribution in [1.29, 1.82) is 5.26 Å². The van der Waals surface area contributed by atoms with Gasteiger partial charge in [0, 0.05) is 11.6 Å². The van der Waals surface area contributed by atoms with Crippen LogP contribution in [0.4, 0.5) is 10.1 Å². The van der Waals surface area contributed by atoms with E-state index in [4.69, 9.17) is 10.00 Å². The predicted molar refractivity (Wildman–Crippen MR) is 81.9 cm³/mol. The Bertz CT molecular complexity index is 656. The maximum Gasteiger partial charge on any atom is 0.235 e. The summed E-state index contributed by atoms with van der Waals surface area (Å²) >= 11 is 3.05. The van der Waals surface area contributed by atoms with Crippen LogP contribution in [0.25, 0.3) is 0 Å². The van der Waals surface area contributed by atoms with E-state index in [0.29, 0.717) is 4.47 Å². The summed E-state index contributed by atoms with van der Waals surface area (Å²) in [7, 11) is -2.42. The van der Waals surface area contributed by atoms with Gasteiger partial charge in [0.25, 0.3) is 0 Å². The number of methoxy groups -OCH3 is 1. The molecule has 1 unspecified atom stereocenters. The van der Waals surface area contributed by atoms with Crippen molar-refractivity contribution in [1.82, 2.24) is 0 Å². The van der Waals surface area contributed by atoms with Crippen LogP contribution in [0.5, 0.6) is 0 Å². The minimum atomic E-state index is -3.84. The Labute approximate surface area is 132 Å². The van der Waals surface area contributed by atoms with E-state index in [9.17, 15) is 12.8 Å². The molecule has 0 aliphatic rings. The topological polar surface area (TPSA) is 79.2 Å². The number of nitriles is 1. The number of ether oxygens (including phenoxy) is 1. The predicted octanol–water partition coefficient (Wildman–Crippen LogP) is 2.87. The minimum Gasteiger partial charge on any atom is -0.380 e. The first-order chi connectivity index (χ1) is 9.70. The number of sulfonamides is 1. The van der Waals surface area contributed by atoms with Gasteiger partial charge in [-0.25, -0.2) is 12.8 Å². The van der Waals surface area contributed by atoms with Crippen molar-refractivity contribution in [3.05, 3.63) is 28.0 Å². The van der Waals surface area contributed by atoms with Crippen LogP contribution < -0.4 is 4.72 Å². The first-order valence-corrected chi connectivity index (χ1v) is 8.57. The molecular formula is C13H16BrFN2O3S. The highest BCUT2D eigenvalue weighted by atomic mass is 79.9. The fourth-order valence-electron chi connectivity index (χ4n) is 1.71. The molecule has 0 aliphatic carbocycles. The van der Waals surface area contributed by atoms with E-state index in [2.05, 4.69) is 20.7 Å². The quantitative estimate of drug-likeness (QED) is 0.825. The van der Waals surface area contributed by atoms with Gasteiger partial charge in [0.1, 0.15) is 17.6 Å². The summed E-state index contributed by atoms with van der Waals surface area (Å²) in [6.45, 7) is 3.65. The molecule has 1 rings (SSSR count). The Morgan fingerprint density at radius 2 is 2.10 bits per heavy atom. The summed E-state index contributed by atoms with van der Waals surface area (Å²) in [5.41, 5.74) is -0.441. The number of nitrogens with zero attached hydrogens (tertiary/aromatic N) is 1. The Kier molecular flexibility index (Phi) is 6.13. The average molecular weight is 379 g/mol. The normalized spacial score (nSPS) is 13.0. The van der Waals surface area contributed by atoms with Crippen LogP contribution in [0.1, 0.15) is 19.4 Å². The molecule has 0 spiro atoms. The lowest BCUT2D eigenvalue weighted by atomic mass is 10.1. The van der Waals surface area contributed by atoms with Crippen molar-refractivity contribution in [3.63, 3.8) is 0 Å². The standard InChI is InChI=1S/C13H16BrFN2O3S/c1-8(2)12(20-3)7-21(18,19)17-13-9(6-16)4-10(14)5-11(13)15/h4-5,8,12,17H,7H2,1-3H3. The Hall–Kier alpha value is -1.17. The van der Waals surface area contributed by atoms with Gasteiger partial charge in [-0.3, -0.25) is 4.72 Å². The molecule has 1 atom stereocenters. The van der Waals surface area contributed by atoms with E-state index >= 15 is 0 Å². The largest absolute Gasteiger partial charge is 0.380 e. The number of nitrogens with one attached hydrogen (secondary N) is 1. The van der Waals surface area contributed by atoms with Crippen LogP contribution in [0.2, 0.25) is 0 Å². The van der Waals surface area contributed by atoms with E-state index in [0.717, 1.165) is 6.07 Å². The molecule has 0 saturated carbocycles. The van der Waals surface area contributed by atoms with Crippen molar-refractivity contribution < 1.29 is 17.5 Å². The van der Waals surface area contributed by atoms with Crippen LogP contribution in [-0.2, 0) is 14.8 Å². The summed E-state index contributed by atoms with van der Waals surface area (Å²) in [5, 5.41) is 8.98. The van der Waals surface area contributed by atoms with Gasteiger partial charge >= 0.3 is 0 Å². The molecule has 8 heteroatoms. The minimum absolute atomic E-state index is 0.0169. The molecule has 5 nitrogen and oxygen atoms in total. The smallest absolute Gasteiger partial charge is 0.235 e. The summed E-state index contributed by atoms with van der Waals surface area (Å²) in [5.74, 6) is -1.15. The highest BCUT2D eigenvalue weighted by Crippen LogP contribution is 2.26. The van der Waals surface area contributed by atoms with Gasteiger partial charge < -0.3 is 4.74 Å². The van der Waals surface area contributed by atoms with Gasteiger partial charge in [0.2, 0.25) is 10.0 Å². The summed E-state index contributed by atoms with van der Waals surface area (Å²) in [6, 6.07) is 4.20. The molecule has 0 heterocycles. The number of rotatable bonds is 6. The van der Waals surface area contributed by atoms with Gasteiger partial charge in [-0.15, -0.1) is 0 Å². The molecule has 0 bridgehead atoms. The molecule has 0 fully saturated rings. The zero-order valence-electron chi connectivity index (χ0n) is 11.9. The number of hydrogen-bond donors (Lipinski definition) is 1. The van der Waals surface area contributed by atoms with E-state index < -0.39 is 21.9 Å². The van der Waals surface area contributed by atoms with Crippen molar-refractivity contribution in [2.24, 2.45) is 5.92 Å². The lowest BCUT2D eigenvalue weighted by molar-refractivity contribution is 0.0829. The molecule has 21 heavy (non-hydrogen) atoms. The van der Waals surface area contributed by atoms with Crippen molar-refractivity contribution >= 4 is 31.6 Å². The highest BCUT2D eigenvalue weighted by Gasteiger charge is 2.24. The van der Waals surface area contributed by atoms with Gasteiger partial charge in [0.15, 0.2) is 0 Å². The first kappa shape index (κ1) is 17.9. The first-order valence-electron chi connectivity index (χ1n) is 6.12. The second-order valence-electron chi connectivity index (χ2n) is 4.82. The summed E-state index contributed by atoms with van der Waals surface area (Å²) in [4.78, 5) is 0. The second-order valence-corrected chi connectivity index (χ2v) is 7.51. The summed E-state index contributed by atoms with van der Waals surface area (Å²) < 4.78 is 45.7. The number of benzene rings is 1. The third-order valence-electron chi connectivity index (χ3n) is 2.86. The van der Waals surface area contributed by atoms with Crippen molar-refractivity contribution in [2.45, 2.75) is 20.0 Å². The van der Waals surface area contributed by atoms with E-state index in [-0.39, 0.29) is 22.9 Å².